The van der Waals surface area contributed by atoms with E-state index in [2.05, 4.69) is 45.1 Å². The van der Waals surface area contributed by atoms with Crippen molar-refractivity contribution in [2.75, 3.05) is 0 Å². The molecule has 0 spiro atoms. The van der Waals surface area contributed by atoms with Gasteiger partial charge < -0.3 is 4.90 Å². The molecule has 10 nitrogen and oxygen atoms in total. The summed E-state index contributed by atoms with van der Waals surface area (Å²) in [7, 11) is 0. The molecule has 198 valence electrons. The maximum absolute atomic E-state index is 13.7. The van der Waals surface area contributed by atoms with Gasteiger partial charge in [0.15, 0.2) is 5.78 Å². The highest BCUT2D eigenvalue weighted by atomic mass is 16.2. The molecule has 10 heteroatoms. The third kappa shape index (κ3) is 4.73. The smallest absolute Gasteiger partial charge is 0.245 e. The summed E-state index contributed by atoms with van der Waals surface area (Å²) in [6.45, 7) is 12.4. The van der Waals surface area contributed by atoms with Crippen LogP contribution in [0.3, 0.4) is 0 Å². The number of Topliss-reactive ketones (excluding diaryl/α,β-unsaturated/α-hetero) is 2. The number of hydrogen-bond acceptors (Lipinski definition) is 8. The second-order valence-corrected chi connectivity index (χ2v) is 10.2. The number of aromatic nitrogens is 5. The molecule has 39 heavy (non-hydrogen) atoms. The zero-order valence-corrected chi connectivity index (χ0v) is 22.2. The van der Waals surface area contributed by atoms with Gasteiger partial charge in [-0.15, -0.1) is 0 Å². The summed E-state index contributed by atoms with van der Waals surface area (Å²) in [4.78, 5) is 58.5. The Hall–Kier alpha value is -4.60. The standard InChI is InChI=1S/C29H29N7O3/c1-6-8-9-21(30-7-2)28(39)23-11-29(5)12-25(29)36(23)26(38)16-35-24-15-33-22(19-13-31-18(4)32-14-19)10-20(24)27(34-35)17(3)37/h6-10,13-15,23,25H,1-2,11-12,16H2,3-5H3/b9-8-,30-21?. The van der Waals surface area contributed by atoms with Crippen molar-refractivity contribution in [3.63, 3.8) is 0 Å². The molecule has 1 amide bonds. The Morgan fingerprint density at radius 2 is 1.90 bits per heavy atom. The summed E-state index contributed by atoms with van der Waals surface area (Å²) in [5.74, 6) is -0.0793. The average Bonchev–Trinajstić information content (AvgIpc) is 3.28. The quantitative estimate of drug-likeness (QED) is 0.238. The van der Waals surface area contributed by atoms with Crippen LogP contribution in [-0.4, -0.2) is 64.9 Å². The maximum atomic E-state index is 13.7. The number of pyridine rings is 1. The molecule has 3 unspecified atom stereocenters. The molecular formula is C29H29N7O3. The van der Waals surface area contributed by atoms with Crippen molar-refractivity contribution in [2.24, 2.45) is 10.4 Å². The molecule has 4 heterocycles. The molecule has 5 rings (SSSR count). The SMILES string of the molecule is C=C/C=C\C(=NC=C)C(=O)C1CC2(C)CC2N1C(=O)Cn1nc(C(C)=O)c2cc(-c3cnc(C)nc3)ncc21. The van der Waals surface area contributed by atoms with Crippen LogP contribution in [0.2, 0.25) is 0 Å². The lowest BCUT2D eigenvalue weighted by atomic mass is 9.96. The van der Waals surface area contributed by atoms with E-state index >= 15 is 0 Å². The van der Waals surface area contributed by atoms with E-state index in [-0.39, 0.29) is 46.9 Å². The minimum atomic E-state index is -0.644. The fraction of sp³-hybridized carbons (Fsp3) is 0.310. The van der Waals surface area contributed by atoms with E-state index < -0.39 is 6.04 Å². The summed E-state index contributed by atoms with van der Waals surface area (Å²) < 4.78 is 1.49. The van der Waals surface area contributed by atoms with E-state index in [1.807, 2.05) is 0 Å². The van der Waals surface area contributed by atoms with Gasteiger partial charge in [-0.1, -0.05) is 32.2 Å². The molecule has 2 fully saturated rings. The third-order valence-electron chi connectivity index (χ3n) is 7.43. The highest BCUT2D eigenvalue weighted by molar-refractivity contribution is 6.46. The van der Waals surface area contributed by atoms with Gasteiger partial charge in [0, 0.05) is 42.5 Å². The van der Waals surface area contributed by atoms with E-state index in [1.54, 1.807) is 54.7 Å². The number of carbonyl (C=O) groups is 3. The topological polar surface area (TPSA) is 123 Å². The molecular weight excluding hydrogens is 494 g/mol. The van der Waals surface area contributed by atoms with Crippen molar-refractivity contribution in [3.05, 3.63) is 73.8 Å². The summed E-state index contributed by atoms with van der Waals surface area (Å²) in [5, 5.41) is 5.07. The number of allylic oxidation sites excluding steroid dienone is 3. The molecule has 2 aliphatic rings. The number of carbonyl (C=O) groups excluding carboxylic acids is 3. The average molecular weight is 524 g/mol. The Bertz CT molecular complexity index is 1580. The molecule has 3 aromatic rings. The van der Waals surface area contributed by atoms with Crippen molar-refractivity contribution in [1.82, 2.24) is 29.6 Å². The number of aryl methyl sites for hydroxylation is 1. The molecule has 1 saturated carbocycles. The molecule has 3 atom stereocenters. The largest absolute Gasteiger partial charge is 0.327 e. The number of nitrogens with zero attached hydrogens (tertiary/aromatic N) is 7. The van der Waals surface area contributed by atoms with Crippen LogP contribution in [0.25, 0.3) is 22.2 Å². The van der Waals surface area contributed by atoms with Gasteiger partial charge in [0.2, 0.25) is 11.7 Å². The Morgan fingerprint density at radius 3 is 2.56 bits per heavy atom. The first kappa shape index (κ1) is 26.0. The van der Waals surface area contributed by atoms with Gasteiger partial charge in [0.1, 0.15) is 23.8 Å². The lowest BCUT2D eigenvalue weighted by molar-refractivity contribution is -0.137. The normalized spacial score (nSPS) is 22.2. The summed E-state index contributed by atoms with van der Waals surface area (Å²) >= 11 is 0. The molecule has 1 saturated heterocycles. The van der Waals surface area contributed by atoms with Gasteiger partial charge >= 0.3 is 0 Å². The predicted octanol–water partition coefficient (Wildman–Crippen LogP) is 3.67. The Balaban J connectivity index is 1.47. The van der Waals surface area contributed by atoms with Crippen molar-refractivity contribution >= 4 is 34.1 Å². The van der Waals surface area contributed by atoms with Crippen LogP contribution in [0.4, 0.5) is 0 Å². The first-order valence-electron chi connectivity index (χ1n) is 12.7. The van der Waals surface area contributed by atoms with Crippen molar-refractivity contribution < 1.29 is 14.4 Å². The number of rotatable bonds is 9. The van der Waals surface area contributed by atoms with Crippen LogP contribution in [-0.2, 0) is 16.1 Å². The fourth-order valence-electron chi connectivity index (χ4n) is 5.32. The van der Waals surface area contributed by atoms with Crippen molar-refractivity contribution in [3.8, 4) is 11.3 Å². The number of hydrogen-bond donors (Lipinski definition) is 0. The first-order chi connectivity index (χ1) is 18.7. The van der Waals surface area contributed by atoms with Crippen LogP contribution < -0.4 is 0 Å². The molecule has 0 radical (unpaired) electrons. The highest BCUT2D eigenvalue weighted by Crippen LogP contribution is 2.59. The van der Waals surface area contributed by atoms with Gasteiger partial charge in [0.25, 0.3) is 0 Å². The van der Waals surface area contributed by atoms with Gasteiger partial charge in [-0.2, -0.15) is 5.10 Å². The van der Waals surface area contributed by atoms with Crippen LogP contribution in [0.5, 0.6) is 0 Å². The number of fused-ring (bicyclic) bond motifs is 2. The molecule has 1 aliphatic carbocycles. The van der Waals surface area contributed by atoms with Crippen molar-refractivity contribution in [2.45, 2.75) is 52.2 Å². The highest BCUT2D eigenvalue weighted by Gasteiger charge is 2.64. The van der Waals surface area contributed by atoms with Gasteiger partial charge in [-0.25, -0.2) is 9.97 Å². The number of aliphatic imine (C=N–C) groups is 1. The fourth-order valence-corrected chi connectivity index (χ4v) is 5.32. The lowest BCUT2D eigenvalue weighted by Crippen LogP contribution is -2.46. The van der Waals surface area contributed by atoms with E-state index in [1.165, 1.54) is 17.8 Å². The molecule has 0 bridgehead atoms. The van der Waals surface area contributed by atoms with Crippen LogP contribution in [0.15, 0.2) is 67.2 Å². The van der Waals surface area contributed by atoms with E-state index in [0.717, 1.165) is 6.42 Å². The van der Waals surface area contributed by atoms with Gasteiger partial charge in [-0.3, -0.25) is 29.0 Å². The summed E-state index contributed by atoms with van der Waals surface area (Å²) in [6.07, 6.45) is 12.4. The van der Waals surface area contributed by atoms with Crippen molar-refractivity contribution in [1.29, 1.82) is 0 Å². The van der Waals surface area contributed by atoms with Crippen LogP contribution >= 0.6 is 0 Å². The lowest BCUT2D eigenvalue weighted by Gasteiger charge is -2.26. The minimum Gasteiger partial charge on any atom is -0.327 e. The van der Waals surface area contributed by atoms with Crippen LogP contribution in [0.1, 0.15) is 43.0 Å². The molecule has 0 aromatic carbocycles. The first-order valence-corrected chi connectivity index (χ1v) is 12.7. The van der Waals surface area contributed by atoms with Crippen LogP contribution in [0, 0.1) is 12.3 Å². The number of ketones is 2. The summed E-state index contributed by atoms with van der Waals surface area (Å²) in [5.41, 5.74) is 2.20. The number of likely N-dealkylation sites (tertiary alicyclic amines) is 1. The summed E-state index contributed by atoms with van der Waals surface area (Å²) in [6, 6.07) is 1.08. The van der Waals surface area contributed by atoms with E-state index in [0.29, 0.717) is 34.4 Å². The second kappa shape index (κ2) is 9.94. The zero-order valence-electron chi connectivity index (χ0n) is 22.2. The van der Waals surface area contributed by atoms with Gasteiger partial charge in [0.05, 0.1) is 23.4 Å². The second-order valence-electron chi connectivity index (χ2n) is 10.2. The minimum absolute atomic E-state index is 0.0346. The molecule has 0 N–H and O–H groups in total. The number of piperidine rings is 1. The zero-order chi connectivity index (χ0) is 27.9. The maximum Gasteiger partial charge on any atom is 0.245 e. The van der Waals surface area contributed by atoms with E-state index in [9.17, 15) is 14.4 Å². The van der Waals surface area contributed by atoms with E-state index in [4.69, 9.17) is 0 Å². The Labute approximate surface area is 225 Å². The number of amides is 1. The Morgan fingerprint density at radius 1 is 1.15 bits per heavy atom. The monoisotopic (exact) mass is 523 g/mol. The molecule has 1 aliphatic heterocycles. The Kier molecular flexibility index (Phi) is 6.63. The predicted molar refractivity (Wildman–Crippen MR) is 147 cm³/mol. The van der Waals surface area contributed by atoms with Gasteiger partial charge in [-0.05, 0) is 37.3 Å². The third-order valence-corrected chi connectivity index (χ3v) is 7.43. The molecule has 3 aromatic heterocycles.